The molecule has 0 spiro atoms. The molecule has 1 saturated heterocycles. The summed E-state index contributed by atoms with van der Waals surface area (Å²) in [4.78, 5) is 8.32. The van der Waals surface area contributed by atoms with Gasteiger partial charge >= 0.3 is 6.18 Å². The van der Waals surface area contributed by atoms with E-state index in [4.69, 9.17) is 9.47 Å². The number of halogens is 3. The maximum atomic E-state index is 12.8. The number of alkyl halides is 3. The molecule has 1 unspecified atom stereocenters. The first-order valence-electron chi connectivity index (χ1n) is 9.97. The summed E-state index contributed by atoms with van der Waals surface area (Å²) in [5, 5.41) is 13.3. The molecule has 3 atom stereocenters. The minimum absolute atomic E-state index is 0.110. The van der Waals surface area contributed by atoms with Gasteiger partial charge in [0.2, 0.25) is 0 Å². The zero-order chi connectivity index (χ0) is 21.7. The van der Waals surface area contributed by atoms with Crippen LogP contribution in [0.3, 0.4) is 0 Å². The van der Waals surface area contributed by atoms with E-state index in [1.54, 1.807) is 13.8 Å². The van der Waals surface area contributed by atoms with Gasteiger partial charge in [0, 0.05) is 18.7 Å². The van der Waals surface area contributed by atoms with Crippen LogP contribution in [0.4, 0.5) is 19.0 Å². The summed E-state index contributed by atoms with van der Waals surface area (Å²) in [5.41, 5.74) is 1.17. The third-order valence-electron chi connectivity index (χ3n) is 5.14. The van der Waals surface area contributed by atoms with Gasteiger partial charge in [-0.2, -0.15) is 13.2 Å². The Morgan fingerprint density at radius 1 is 1.23 bits per heavy atom. The molecule has 2 heterocycles. The highest BCUT2D eigenvalue weighted by atomic mass is 19.4. The van der Waals surface area contributed by atoms with Gasteiger partial charge in [-0.3, -0.25) is 0 Å². The molecular formula is C21H26F3N3O3. The number of hydrogen-bond donors (Lipinski definition) is 2. The van der Waals surface area contributed by atoms with Crippen LogP contribution in [0.15, 0.2) is 30.6 Å². The first-order valence-corrected chi connectivity index (χ1v) is 9.97. The number of nitrogens with one attached hydrogen (secondary N) is 1. The fourth-order valence-corrected chi connectivity index (χ4v) is 3.52. The van der Waals surface area contributed by atoms with E-state index in [0.717, 1.165) is 37.0 Å². The van der Waals surface area contributed by atoms with Crippen molar-refractivity contribution in [1.29, 1.82) is 0 Å². The minimum atomic E-state index is -4.34. The number of ether oxygens (including phenoxy) is 2. The minimum Gasteiger partial charge on any atom is -0.368 e. The normalized spacial score (nSPS) is 20.7. The molecule has 0 saturated carbocycles. The Morgan fingerprint density at radius 3 is 2.63 bits per heavy atom. The smallest absolute Gasteiger partial charge is 0.368 e. The number of anilines is 1. The van der Waals surface area contributed by atoms with Gasteiger partial charge in [0.05, 0.1) is 17.8 Å². The highest BCUT2D eigenvalue weighted by molar-refractivity contribution is 5.45. The molecule has 2 N–H and O–H groups in total. The van der Waals surface area contributed by atoms with Gasteiger partial charge in [0.25, 0.3) is 0 Å². The molecule has 1 fully saturated rings. The molecule has 1 aromatic heterocycles. The summed E-state index contributed by atoms with van der Waals surface area (Å²) in [6.45, 7) is 4.42. The maximum absolute atomic E-state index is 12.8. The SMILES string of the molecule is CCOC(O)c1ncnc(NC[C@@H]2CCC[C@H](c3ccc(C(F)(F)F)cc3)O2)c1C. The van der Waals surface area contributed by atoms with Crippen molar-refractivity contribution in [3.63, 3.8) is 0 Å². The van der Waals surface area contributed by atoms with E-state index >= 15 is 0 Å². The summed E-state index contributed by atoms with van der Waals surface area (Å²) in [5.74, 6) is 0.582. The van der Waals surface area contributed by atoms with Crippen LogP contribution in [-0.2, 0) is 15.7 Å². The first-order chi connectivity index (χ1) is 14.3. The van der Waals surface area contributed by atoms with E-state index in [9.17, 15) is 18.3 Å². The van der Waals surface area contributed by atoms with E-state index < -0.39 is 18.0 Å². The average molecular weight is 425 g/mol. The molecule has 1 aliphatic heterocycles. The van der Waals surface area contributed by atoms with E-state index in [0.29, 0.717) is 30.2 Å². The third-order valence-corrected chi connectivity index (χ3v) is 5.14. The molecule has 0 bridgehead atoms. The number of nitrogens with zero attached hydrogens (tertiary/aromatic N) is 2. The maximum Gasteiger partial charge on any atom is 0.416 e. The lowest BCUT2D eigenvalue weighted by Gasteiger charge is -2.31. The van der Waals surface area contributed by atoms with E-state index in [1.807, 2.05) is 0 Å². The molecule has 164 valence electrons. The van der Waals surface area contributed by atoms with Crippen molar-refractivity contribution < 1.29 is 27.8 Å². The molecule has 0 aliphatic carbocycles. The van der Waals surface area contributed by atoms with Gasteiger partial charge in [0.15, 0.2) is 6.29 Å². The topological polar surface area (TPSA) is 76.5 Å². The van der Waals surface area contributed by atoms with Crippen molar-refractivity contribution in [1.82, 2.24) is 9.97 Å². The van der Waals surface area contributed by atoms with Crippen LogP contribution in [0.1, 0.15) is 61.0 Å². The highest BCUT2D eigenvalue weighted by Crippen LogP contribution is 2.34. The van der Waals surface area contributed by atoms with Crippen molar-refractivity contribution >= 4 is 5.82 Å². The van der Waals surface area contributed by atoms with Gasteiger partial charge in [0.1, 0.15) is 17.8 Å². The highest BCUT2D eigenvalue weighted by Gasteiger charge is 2.31. The van der Waals surface area contributed by atoms with E-state index in [-0.39, 0.29) is 12.2 Å². The first kappa shape index (κ1) is 22.5. The number of aliphatic hydroxyl groups is 1. The molecule has 1 aromatic carbocycles. The zero-order valence-electron chi connectivity index (χ0n) is 16.9. The summed E-state index contributed by atoms with van der Waals surface area (Å²) in [6, 6.07) is 5.16. The Kier molecular flexibility index (Phi) is 7.27. The quantitative estimate of drug-likeness (QED) is 0.634. The lowest BCUT2D eigenvalue weighted by molar-refractivity contribution is -0.137. The molecule has 9 heteroatoms. The zero-order valence-corrected chi connectivity index (χ0v) is 16.9. The number of aromatic nitrogens is 2. The average Bonchev–Trinajstić information content (AvgIpc) is 2.73. The molecule has 3 rings (SSSR count). The van der Waals surface area contributed by atoms with Crippen LogP contribution in [0, 0.1) is 6.92 Å². The van der Waals surface area contributed by atoms with Crippen LogP contribution < -0.4 is 5.32 Å². The van der Waals surface area contributed by atoms with Gasteiger partial charge < -0.3 is 19.9 Å². The molecular weight excluding hydrogens is 399 g/mol. The summed E-state index contributed by atoms with van der Waals surface area (Å²) >= 11 is 0. The monoisotopic (exact) mass is 425 g/mol. The van der Waals surface area contributed by atoms with Gasteiger partial charge in [-0.15, -0.1) is 0 Å². The lowest BCUT2D eigenvalue weighted by Crippen LogP contribution is -2.29. The molecule has 0 amide bonds. The van der Waals surface area contributed by atoms with Crippen LogP contribution in [0.25, 0.3) is 0 Å². The van der Waals surface area contributed by atoms with Crippen molar-refractivity contribution in [2.45, 2.75) is 57.8 Å². The van der Waals surface area contributed by atoms with Crippen molar-refractivity contribution in [2.24, 2.45) is 0 Å². The molecule has 30 heavy (non-hydrogen) atoms. The van der Waals surface area contributed by atoms with E-state index in [2.05, 4.69) is 15.3 Å². The van der Waals surface area contributed by atoms with Gasteiger partial charge in [-0.1, -0.05) is 12.1 Å². The third kappa shape index (κ3) is 5.47. The number of benzene rings is 1. The Labute approximate surface area is 173 Å². The Bertz CT molecular complexity index is 830. The van der Waals surface area contributed by atoms with Gasteiger partial charge in [-0.05, 0) is 50.8 Å². The lowest BCUT2D eigenvalue weighted by atomic mass is 9.97. The number of rotatable bonds is 7. The standard InChI is InChI=1S/C21H26F3N3O3/c1-3-29-20(28)18-13(2)19(27-12-26-18)25-11-16-5-4-6-17(30-16)14-7-9-15(10-8-14)21(22,23)24/h7-10,12,16-17,20,28H,3-6,11H2,1-2H3,(H,25,26,27)/t16-,17+,20?/m0/s1. The molecule has 6 nitrogen and oxygen atoms in total. The van der Waals surface area contributed by atoms with Crippen molar-refractivity contribution in [2.75, 3.05) is 18.5 Å². The van der Waals surface area contributed by atoms with Gasteiger partial charge in [-0.25, -0.2) is 9.97 Å². The van der Waals surface area contributed by atoms with Crippen LogP contribution in [0.5, 0.6) is 0 Å². The fourth-order valence-electron chi connectivity index (χ4n) is 3.52. The second-order valence-corrected chi connectivity index (χ2v) is 7.22. The largest absolute Gasteiger partial charge is 0.416 e. The summed E-state index contributed by atoms with van der Waals surface area (Å²) in [6.07, 6.45) is -1.94. The van der Waals surface area contributed by atoms with Crippen molar-refractivity contribution in [3.8, 4) is 0 Å². The second-order valence-electron chi connectivity index (χ2n) is 7.22. The van der Waals surface area contributed by atoms with E-state index in [1.165, 1.54) is 18.5 Å². The van der Waals surface area contributed by atoms with Crippen LogP contribution in [0.2, 0.25) is 0 Å². The fraction of sp³-hybridized carbons (Fsp3) is 0.524. The van der Waals surface area contributed by atoms with Crippen LogP contribution >= 0.6 is 0 Å². The number of aliphatic hydroxyl groups excluding tert-OH is 1. The predicted octanol–water partition coefficient (Wildman–Crippen LogP) is 4.55. The summed E-state index contributed by atoms with van der Waals surface area (Å²) < 4.78 is 49.6. The number of hydrogen-bond acceptors (Lipinski definition) is 6. The summed E-state index contributed by atoms with van der Waals surface area (Å²) in [7, 11) is 0. The Morgan fingerprint density at radius 2 is 1.97 bits per heavy atom. The predicted molar refractivity (Wildman–Crippen MR) is 105 cm³/mol. The Hall–Kier alpha value is -2.23. The second kappa shape index (κ2) is 9.72. The Balaban J connectivity index is 1.61. The molecule has 2 aromatic rings. The van der Waals surface area contributed by atoms with Crippen LogP contribution in [-0.4, -0.2) is 34.3 Å². The van der Waals surface area contributed by atoms with Crippen molar-refractivity contribution in [3.05, 3.63) is 53.0 Å². The molecule has 0 radical (unpaired) electrons. The molecule has 1 aliphatic rings.